The molecule has 2 aliphatic rings. The van der Waals surface area contributed by atoms with Crippen molar-refractivity contribution in [2.75, 3.05) is 24.7 Å². The number of amides is 2. The number of aromatic nitrogens is 4. The lowest BCUT2D eigenvalue weighted by molar-refractivity contribution is -0.213. The summed E-state index contributed by atoms with van der Waals surface area (Å²) in [4.78, 5) is 27.6. The summed E-state index contributed by atoms with van der Waals surface area (Å²) in [7, 11) is -5.62. The average Bonchev–Trinajstić information content (AvgIpc) is 4.09. The lowest BCUT2D eigenvalue weighted by atomic mass is 10.1. The van der Waals surface area contributed by atoms with Crippen LogP contribution in [0.3, 0.4) is 0 Å². The first-order valence-corrected chi connectivity index (χ1v) is 24.4. The second-order valence-corrected chi connectivity index (χ2v) is 21.4. The fourth-order valence-corrected chi connectivity index (χ4v) is 11.9. The Morgan fingerprint density at radius 1 is 0.647 bits per heavy atom. The van der Waals surface area contributed by atoms with E-state index in [-0.39, 0.29) is 54.8 Å². The van der Waals surface area contributed by atoms with Gasteiger partial charge >= 0.3 is 12.6 Å². The largest absolute Gasteiger partial charge is 0.504 e. The monoisotopic (exact) mass is 1070 g/mol. The number of thiophene rings is 2. The van der Waals surface area contributed by atoms with E-state index in [1.54, 1.807) is 24.3 Å². The van der Waals surface area contributed by atoms with E-state index in [4.69, 9.17) is 23.2 Å². The van der Waals surface area contributed by atoms with Gasteiger partial charge in [0.15, 0.2) is 0 Å². The minimum absolute atomic E-state index is 0.0399. The Bertz CT molecular complexity index is 2890. The molecule has 16 nitrogen and oxygen atoms in total. The Morgan fingerprint density at radius 3 is 1.34 bits per heavy atom. The van der Waals surface area contributed by atoms with Crippen molar-refractivity contribution < 1.29 is 61.5 Å². The molecule has 0 radical (unpaired) electrons. The number of anilines is 2. The van der Waals surface area contributed by atoms with Crippen LogP contribution in [-0.2, 0) is 42.6 Å². The number of benzene rings is 2. The average molecular weight is 1080 g/mol. The van der Waals surface area contributed by atoms with Crippen LogP contribution in [0.5, 0.6) is 0 Å². The number of alkyl halides is 6. The number of nitrogens with one attached hydrogen (secondary N) is 4. The predicted molar refractivity (Wildman–Crippen MR) is 236 cm³/mol. The zero-order valence-electron chi connectivity index (χ0n) is 34.4. The highest BCUT2D eigenvalue weighted by molar-refractivity contribution is 7.87. The van der Waals surface area contributed by atoms with Crippen LogP contribution in [0, 0.1) is 11.6 Å². The first-order valence-electron chi connectivity index (χ1n) is 19.2. The SMILES string of the molecule is CN1[C@@H](C(=O)Nc2ccc(F)c(Cl)c2)C[C@@H](c2ccc(-c3cnn(C(F)(F)F)c3)s2)NS1(=O)=O.CN1[C@H](C(=O)Nc2ccc(F)c(Cl)c2)C[C@H](c2ccc(-c3cnn(C(F)(F)F)c3)s2)NS1(=O)=O. The van der Waals surface area contributed by atoms with E-state index in [1.807, 2.05) is 0 Å². The van der Waals surface area contributed by atoms with Gasteiger partial charge in [0, 0.05) is 68.5 Å². The predicted octanol–water partition coefficient (Wildman–Crippen LogP) is 8.20. The Labute approximate surface area is 398 Å². The number of nitrogens with zero attached hydrogens (tertiary/aromatic N) is 6. The molecule has 2 saturated heterocycles. The highest BCUT2D eigenvalue weighted by Gasteiger charge is 2.43. The maximum absolute atomic E-state index is 13.4. The van der Waals surface area contributed by atoms with Crippen LogP contribution in [0.4, 0.5) is 46.5 Å². The van der Waals surface area contributed by atoms with Crippen molar-refractivity contribution in [3.05, 3.63) is 117 Å². The van der Waals surface area contributed by atoms with Crippen LogP contribution in [0.15, 0.2) is 85.5 Å². The molecule has 4 N–H and O–H groups in total. The van der Waals surface area contributed by atoms with Gasteiger partial charge in [0.25, 0.3) is 20.4 Å². The molecule has 0 spiro atoms. The van der Waals surface area contributed by atoms with Crippen molar-refractivity contribution in [1.29, 1.82) is 0 Å². The highest BCUT2D eigenvalue weighted by Crippen LogP contribution is 2.39. The second-order valence-electron chi connectivity index (χ2n) is 14.8. The van der Waals surface area contributed by atoms with E-state index in [0.717, 1.165) is 68.2 Å². The quantitative estimate of drug-likeness (QED) is 0.110. The summed E-state index contributed by atoms with van der Waals surface area (Å²) in [6, 6.07) is 9.57. The summed E-state index contributed by atoms with van der Waals surface area (Å²) in [5, 5.41) is 11.2. The molecular formula is C38H32Cl2F8N10O6S4. The molecule has 0 bridgehead atoms. The molecule has 364 valence electrons. The summed E-state index contributed by atoms with van der Waals surface area (Å²) >= 11 is 13.6. The van der Waals surface area contributed by atoms with Gasteiger partial charge in [-0.05, 0) is 73.5 Å². The van der Waals surface area contributed by atoms with Crippen molar-refractivity contribution in [2.24, 2.45) is 0 Å². The number of rotatable bonds is 8. The van der Waals surface area contributed by atoms with Crippen molar-refractivity contribution in [2.45, 2.75) is 49.6 Å². The number of halogens is 10. The van der Waals surface area contributed by atoms with Crippen molar-refractivity contribution in [3.8, 4) is 20.9 Å². The third-order valence-corrected chi connectivity index (χ3v) is 16.6. The fourth-order valence-electron chi connectivity index (χ4n) is 6.76. The Morgan fingerprint density at radius 2 is 1.01 bits per heavy atom. The first kappa shape index (κ1) is 50.8. The van der Waals surface area contributed by atoms with Gasteiger partial charge in [0.05, 0.1) is 34.5 Å². The lowest BCUT2D eigenvalue weighted by Gasteiger charge is -2.35. The molecule has 2 aromatic carbocycles. The molecular weight excluding hydrogens is 1040 g/mol. The normalized spacial score (nSPS) is 20.9. The fraction of sp³-hybridized carbons (Fsp3) is 0.263. The molecule has 68 heavy (non-hydrogen) atoms. The second kappa shape index (κ2) is 19.4. The Kier molecular flexibility index (Phi) is 14.5. The van der Waals surface area contributed by atoms with Gasteiger partial charge in [-0.15, -0.1) is 49.0 Å². The first-order chi connectivity index (χ1) is 31.7. The van der Waals surface area contributed by atoms with Crippen LogP contribution in [0.25, 0.3) is 20.9 Å². The number of carbonyl (C=O) groups is 2. The molecule has 6 aromatic rings. The zero-order chi connectivity index (χ0) is 49.7. The lowest BCUT2D eigenvalue weighted by Crippen LogP contribution is -2.55. The molecule has 4 atom stereocenters. The molecule has 6 heterocycles. The summed E-state index contributed by atoms with van der Waals surface area (Å²) < 4.78 is 161. The summed E-state index contributed by atoms with van der Waals surface area (Å²) in [5.41, 5.74) is 0.813. The molecule has 8 rings (SSSR count). The number of hydrogen-bond acceptors (Lipinski definition) is 10. The highest BCUT2D eigenvalue weighted by atomic mass is 35.5. The smallest absolute Gasteiger partial charge is 0.325 e. The summed E-state index contributed by atoms with van der Waals surface area (Å²) in [5.74, 6) is -2.64. The molecule has 2 fully saturated rings. The molecule has 4 aromatic heterocycles. The van der Waals surface area contributed by atoms with Gasteiger partial charge in [0.1, 0.15) is 23.7 Å². The van der Waals surface area contributed by atoms with Gasteiger partial charge in [-0.3, -0.25) is 9.59 Å². The van der Waals surface area contributed by atoms with Crippen LogP contribution in [0.2, 0.25) is 10.0 Å². The van der Waals surface area contributed by atoms with Gasteiger partial charge < -0.3 is 10.6 Å². The number of carbonyl (C=O) groups excluding carboxylic acids is 2. The molecule has 0 unspecified atom stereocenters. The Hall–Kier alpha value is -5.04. The number of likely N-dealkylation sites (N-methyl/N-ethyl adjacent to an activating group) is 2. The van der Waals surface area contributed by atoms with Gasteiger partial charge in [-0.1, -0.05) is 23.2 Å². The summed E-state index contributed by atoms with van der Waals surface area (Å²) in [6.07, 6.45) is -5.44. The van der Waals surface area contributed by atoms with E-state index in [9.17, 15) is 61.5 Å². The molecule has 2 aliphatic heterocycles. The minimum atomic E-state index is -4.66. The van der Waals surface area contributed by atoms with Gasteiger partial charge in [0.2, 0.25) is 11.8 Å². The van der Waals surface area contributed by atoms with E-state index >= 15 is 0 Å². The third-order valence-electron chi connectivity index (χ3n) is 10.3. The summed E-state index contributed by atoms with van der Waals surface area (Å²) in [6.45, 7) is 0. The standard InChI is InChI=1S/2C19H16ClF4N5O3S2/c2*1-28-15(18(30)26-11-2-3-13(21)12(20)6-11)7-14(27-34(28,31)32)17-5-4-16(33-17)10-8-25-29(9-10)19(22,23)24/h2*2-6,8-9,14-15,27H,7H2,1H3,(H,26,30)/t2*14-,15+/m10/s1. The zero-order valence-corrected chi connectivity index (χ0v) is 39.1. The molecule has 0 saturated carbocycles. The van der Waals surface area contributed by atoms with E-state index < -0.39 is 80.6 Å². The molecule has 2 amide bonds. The Balaban J connectivity index is 0.000000201. The van der Waals surface area contributed by atoms with E-state index in [1.165, 1.54) is 38.4 Å². The van der Waals surface area contributed by atoms with Crippen LogP contribution in [0.1, 0.15) is 34.7 Å². The van der Waals surface area contributed by atoms with Gasteiger partial charge in [-0.25, -0.2) is 8.78 Å². The van der Waals surface area contributed by atoms with Crippen molar-refractivity contribution in [3.63, 3.8) is 0 Å². The third kappa shape index (κ3) is 11.3. The maximum atomic E-state index is 13.4. The topological polar surface area (TPSA) is 193 Å². The molecule has 0 aliphatic carbocycles. The van der Waals surface area contributed by atoms with E-state index in [2.05, 4.69) is 30.3 Å². The van der Waals surface area contributed by atoms with Crippen LogP contribution < -0.4 is 20.1 Å². The van der Waals surface area contributed by atoms with E-state index in [0.29, 0.717) is 19.5 Å². The van der Waals surface area contributed by atoms with Crippen molar-refractivity contribution >= 4 is 89.5 Å². The van der Waals surface area contributed by atoms with Crippen molar-refractivity contribution in [1.82, 2.24) is 37.6 Å². The molecule has 30 heteroatoms. The van der Waals surface area contributed by atoms with Gasteiger partial charge in [-0.2, -0.15) is 54.5 Å². The minimum Gasteiger partial charge on any atom is -0.325 e. The van der Waals surface area contributed by atoms with Crippen LogP contribution >= 0.6 is 45.9 Å². The van der Waals surface area contributed by atoms with Crippen LogP contribution in [-0.4, -0.2) is 83.0 Å². The number of hydrogen-bond donors (Lipinski definition) is 4. The maximum Gasteiger partial charge on any atom is 0.504 e.